The van der Waals surface area contributed by atoms with Crippen molar-refractivity contribution in [2.45, 2.75) is 24.3 Å². The second-order valence-corrected chi connectivity index (χ2v) is 8.48. The quantitative estimate of drug-likeness (QED) is 0.861. The Balaban J connectivity index is 2.21. The van der Waals surface area contributed by atoms with E-state index in [2.05, 4.69) is 4.72 Å². The lowest BCUT2D eigenvalue weighted by Gasteiger charge is -2.39. The molecule has 2 aromatic carbocycles. The lowest BCUT2D eigenvalue weighted by atomic mass is 10.0. The maximum absolute atomic E-state index is 13.5. The first-order chi connectivity index (χ1) is 12.1. The summed E-state index contributed by atoms with van der Waals surface area (Å²) in [6.07, 6.45) is 0. The zero-order valence-corrected chi connectivity index (χ0v) is 15.8. The molecule has 0 atom stereocenters. The Hall–Kier alpha value is -2.16. The molecule has 6 nitrogen and oxygen atoms in total. The van der Waals surface area contributed by atoms with Crippen LogP contribution in [0, 0.1) is 5.82 Å². The molecular weight excluding hydrogens is 383 g/mol. The molecule has 1 N–H and O–H groups in total. The molecule has 0 fully saturated rings. The molecule has 0 unspecified atom stereocenters. The van der Waals surface area contributed by atoms with Gasteiger partial charge in [0.05, 0.1) is 21.3 Å². The Bertz CT molecular complexity index is 1010. The summed E-state index contributed by atoms with van der Waals surface area (Å²) < 4.78 is 45.5. The van der Waals surface area contributed by atoms with E-state index < -0.39 is 27.3 Å². The fourth-order valence-electron chi connectivity index (χ4n) is 2.62. The van der Waals surface area contributed by atoms with Crippen LogP contribution in [0.15, 0.2) is 41.3 Å². The number of benzene rings is 2. The van der Waals surface area contributed by atoms with Crippen molar-refractivity contribution < 1.29 is 22.3 Å². The van der Waals surface area contributed by atoms with Gasteiger partial charge in [0, 0.05) is 6.07 Å². The first-order valence-electron chi connectivity index (χ1n) is 7.63. The SMILES string of the molecule is CNS(=O)(=O)c1ccc2c(c1)OC(C)(C)C(=O)N2c1ccc(F)c(Cl)c1. The van der Waals surface area contributed by atoms with Crippen LogP contribution >= 0.6 is 11.6 Å². The van der Waals surface area contributed by atoms with Gasteiger partial charge in [0.2, 0.25) is 10.0 Å². The van der Waals surface area contributed by atoms with Crippen molar-refractivity contribution in [3.05, 3.63) is 47.2 Å². The third-order valence-corrected chi connectivity index (χ3v) is 5.70. The van der Waals surface area contributed by atoms with Crippen LogP contribution in [0.5, 0.6) is 5.75 Å². The van der Waals surface area contributed by atoms with E-state index >= 15 is 0 Å². The summed E-state index contributed by atoms with van der Waals surface area (Å²) in [7, 11) is -2.38. The van der Waals surface area contributed by atoms with E-state index in [0.717, 1.165) is 6.07 Å². The highest BCUT2D eigenvalue weighted by molar-refractivity contribution is 7.89. The van der Waals surface area contributed by atoms with E-state index in [4.69, 9.17) is 16.3 Å². The number of halogens is 2. The summed E-state index contributed by atoms with van der Waals surface area (Å²) >= 11 is 5.85. The Labute approximate surface area is 155 Å². The molecule has 1 aliphatic heterocycles. The van der Waals surface area contributed by atoms with E-state index in [1.165, 1.54) is 42.3 Å². The van der Waals surface area contributed by atoms with Crippen molar-refractivity contribution in [1.29, 1.82) is 0 Å². The predicted octanol–water partition coefficient (Wildman–Crippen LogP) is 3.22. The van der Waals surface area contributed by atoms with Crippen LogP contribution in [0.4, 0.5) is 15.8 Å². The van der Waals surface area contributed by atoms with Crippen LogP contribution < -0.4 is 14.4 Å². The number of carbonyl (C=O) groups excluding carboxylic acids is 1. The molecule has 0 saturated heterocycles. The summed E-state index contributed by atoms with van der Waals surface area (Å²) in [5.74, 6) is -0.783. The maximum atomic E-state index is 13.5. The largest absolute Gasteiger partial charge is 0.476 e. The first-order valence-corrected chi connectivity index (χ1v) is 9.49. The molecule has 0 bridgehead atoms. The molecular formula is C17H16ClFN2O4S. The van der Waals surface area contributed by atoms with Gasteiger partial charge in [-0.3, -0.25) is 9.69 Å². The molecule has 9 heteroatoms. The average Bonchev–Trinajstić information content (AvgIpc) is 2.58. The van der Waals surface area contributed by atoms with Crippen molar-refractivity contribution in [2.24, 2.45) is 0 Å². The van der Waals surface area contributed by atoms with Gasteiger partial charge in [-0.25, -0.2) is 17.5 Å². The minimum absolute atomic E-state index is 0.000914. The van der Waals surface area contributed by atoms with Crippen molar-refractivity contribution in [1.82, 2.24) is 4.72 Å². The third kappa shape index (κ3) is 3.04. The van der Waals surface area contributed by atoms with E-state index in [9.17, 15) is 17.6 Å². The lowest BCUT2D eigenvalue weighted by Crippen LogP contribution is -2.50. The molecule has 0 radical (unpaired) electrons. The van der Waals surface area contributed by atoms with Gasteiger partial charge in [0.15, 0.2) is 5.60 Å². The Morgan fingerprint density at radius 3 is 2.50 bits per heavy atom. The van der Waals surface area contributed by atoms with E-state index in [1.807, 2.05) is 0 Å². The standard InChI is InChI=1S/C17H16ClFN2O4S/c1-17(2)16(22)21(10-4-6-13(19)12(18)8-10)14-7-5-11(9-15(14)25-17)26(23,24)20-3/h4-9,20H,1-3H3. The van der Waals surface area contributed by atoms with Gasteiger partial charge >= 0.3 is 0 Å². The van der Waals surface area contributed by atoms with Gasteiger partial charge in [-0.1, -0.05) is 11.6 Å². The van der Waals surface area contributed by atoms with Crippen LogP contribution in [-0.2, 0) is 14.8 Å². The third-order valence-electron chi connectivity index (χ3n) is 4.00. The summed E-state index contributed by atoms with van der Waals surface area (Å²) in [5.41, 5.74) is -0.564. The molecule has 138 valence electrons. The van der Waals surface area contributed by atoms with Crippen molar-refractivity contribution >= 4 is 38.9 Å². The van der Waals surface area contributed by atoms with E-state index in [1.54, 1.807) is 13.8 Å². The van der Waals surface area contributed by atoms with Crippen molar-refractivity contribution in [3.63, 3.8) is 0 Å². The highest BCUT2D eigenvalue weighted by atomic mass is 35.5. The number of fused-ring (bicyclic) bond motifs is 1. The summed E-state index contributed by atoms with van der Waals surface area (Å²) in [6, 6.07) is 8.07. The highest BCUT2D eigenvalue weighted by Crippen LogP contribution is 2.43. The van der Waals surface area contributed by atoms with E-state index in [0.29, 0.717) is 11.4 Å². The van der Waals surface area contributed by atoms with Gasteiger partial charge in [-0.2, -0.15) is 0 Å². The molecule has 0 aliphatic carbocycles. The number of rotatable bonds is 3. The highest BCUT2D eigenvalue weighted by Gasteiger charge is 2.42. The maximum Gasteiger partial charge on any atom is 0.275 e. The Morgan fingerprint density at radius 2 is 1.88 bits per heavy atom. The number of amides is 1. The van der Waals surface area contributed by atoms with Crippen LogP contribution in [0.25, 0.3) is 0 Å². The topological polar surface area (TPSA) is 75.7 Å². The molecule has 0 spiro atoms. The van der Waals surface area contributed by atoms with Crippen LogP contribution in [0.3, 0.4) is 0 Å². The smallest absolute Gasteiger partial charge is 0.275 e. The number of anilines is 2. The average molecular weight is 399 g/mol. The molecule has 0 aromatic heterocycles. The minimum Gasteiger partial charge on any atom is -0.476 e. The molecule has 1 aliphatic rings. The summed E-state index contributed by atoms with van der Waals surface area (Å²) in [5, 5.41) is -0.129. The zero-order valence-electron chi connectivity index (χ0n) is 14.2. The molecule has 2 aromatic rings. The molecule has 26 heavy (non-hydrogen) atoms. The molecule has 1 amide bonds. The summed E-state index contributed by atoms with van der Waals surface area (Å²) in [4.78, 5) is 14.2. The Kier molecular flexibility index (Phi) is 4.46. The fraction of sp³-hybridized carbons (Fsp3) is 0.235. The first kappa shape index (κ1) is 18.6. The van der Waals surface area contributed by atoms with Gasteiger partial charge in [-0.15, -0.1) is 0 Å². The Morgan fingerprint density at radius 1 is 1.19 bits per heavy atom. The second kappa shape index (κ2) is 6.22. The molecule has 3 rings (SSSR count). The molecule has 0 saturated carbocycles. The van der Waals surface area contributed by atoms with Gasteiger partial charge < -0.3 is 4.74 Å². The number of carbonyl (C=O) groups is 1. The number of sulfonamides is 1. The monoisotopic (exact) mass is 398 g/mol. The second-order valence-electron chi connectivity index (χ2n) is 6.19. The lowest BCUT2D eigenvalue weighted by molar-refractivity contribution is -0.131. The zero-order chi connectivity index (χ0) is 19.3. The number of nitrogens with one attached hydrogen (secondary N) is 1. The van der Waals surface area contributed by atoms with Crippen LogP contribution in [0.1, 0.15) is 13.8 Å². The summed E-state index contributed by atoms with van der Waals surface area (Å²) in [6.45, 7) is 3.13. The van der Waals surface area contributed by atoms with Gasteiger partial charge in [0.1, 0.15) is 11.6 Å². The molecule has 1 heterocycles. The van der Waals surface area contributed by atoms with Crippen molar-refractivity contribution in [2.75, 3.05) is 11.9 Å². The van der Waals surface area contributed by atoms with E-state index in [-0.39, 0.29) is 15.7 Å². The minimum atomic E-state index is -3.68. The number of ether oxygens (including phenoxy) is 1. The fourth-order valence-corrected chi connectivity index (χ4v) is 3.54. The van der Waals surface area contributed by atoms with Crippen LogP contribution in [0.2, 0.25) is 5.02 Å². The number of hydrogen-bond acceptors (Lipinski definition) is 4. The van der Waals surface area contributed by atoms with Crippen LogP contribution in [-0.4, -0.2) is 27.0 Å². The number of nitrogens with zero attached hydrogens (tertiary/aromatic N) is 1. The van der Waals surface area contributed by atoms with Gasteiger partial charge in [0.25, 0.3) is 5.91 Å². The normalized spacial score (nSPS) is 16.2. The van der Waals surface area contributed by atoms with Crippen molar-refractivity contribution in [3.8, 4) is 5.75 Å². The predicted molar refractivity (Wildman–Crippen MR) is 96.0 cm³/mol. The van der Waals surface area contributed by atoms with Gasteiger partial charge in [-0.05, 0) is 51.2 Å². The number of hydrogen-bond donors (Lipinski definition) is 1.